The largest absolute Gasteiger partial charge is 0.228 e. The second kappa shape index (κ2) is 13.5. The molecule has 0 N–H and O–H groups in total. The number of thiophene rings is 1. The van der Waals surface area contributed by atoms with Crippen LogP contribution in [-0.4, -0.2) is 9.97 Å². The quantitative estimate of drug-likeness (QED) is 0.169. The normalized spacial score (nSPS) is 12.9. The van der Waals surface area contributed by atoms with Gasteiger partial charge in [0.15, 0.2) is 5.82 Å². The molecule has 0 saturated carbocycles. The first kappa shape index (κ1) is 34.6. The minimum absolute atomic E-state index is 0.00914. The van der Waals surface area contributed by atoms with Gasteiger partial charge in [0, 0.05) is 47.8 Å². The standard InChI is InChI=1S/C55H40N2S/c1-4-40-52(36-17-9-6-10-18-36)56-54(57-53(40)37-25-23-35(24-26-37)34-15-7-5-8-16-34)45-33-50-51(43-21-12-11-19-41(43)45)46-32-39(28-30-49(46)58-50)38-27-29-48-44(31-38)42-20-13-14-22-47(42)55(48,2)3/h5-33H,4H2,1-3H3. The lowest BCUT2D eigenvalue weighted by molar-refractivity contribution is 0.660. The number of benzene rings is 8. The molecule has 3 heteroatoms. The zero-order valence-electron chi connectivity index (χ0n) is 32.8. The summed E-state index contributed by atoms with van der Waals surface area (Å²) in [4.78, 5) is 10.9. The molecule has 58 heavy (non-hydrogen) atoms. The first-order chi connectivity index (χ1) is 28.5. The second-order valence-electron chi connectivity index (χ2n) is 16.0. The number of hydrogen-bond acceptors (Lipinski definition) is 3. The molecule has 276 valence electrons. The van der Waals surface area contributed by atoms with Crippen molar-refractivity contribution in [2.24, 2.45) is 0 Å². The van der Waals surface area contributed by atoms with Crippen LogP contribution < -0.4 is 0 Å². The maximum absolute atomic E-state index is 5.49. The average molecular weight is 761 g/mol. The summed E-state index contributed by atoms with van der Waals surface area (Å²) < 4.78 is 2.52. The van der Waals surface area contributed by atoms with Gasteiger partial charge in [0.1, 0.15) is 0 Å². The summed E-state index contributed by atoms with van der Waals surface area (Å²) in [5.74, 6) is 0.746. The molecule has 0 fully saturated rings. The van der Waals surface area contributed by atoms with Crippen LogP contribution in [0.1, 0.15) is 37.5 Å². The zero-order valence-corrected chi connectivity index (χ0v) is 33.6. The Hall–Kier alpha value is -6.68. The van der Waals surface area contributed by atoms with Gasteiger partial charge in [-0.2, -0.15) is 0 Å². The van der Waals surface area contributed by atoms with E-state index in [0.29, 0.717) is 0 Å². The van der Waals surface area contributed by atoms with Gasteiger partial charge in [-0.25, -0.2) is 9.97 Å². The molecule has 1 aliphatic rings. The van der Waals surface area contributed by atoms with Gasteiger partial charge in [-0.3, -0.25) is 0 Å². The summed E-state index contributed by atoms with van der Waals surface area (Å²) in [6.07, 6.45) is 0.813. The van der Waals surface area contributed by atoms with Gasteiger partial charge in [0.05, 0.1) is 11.4 Å². The van der Waals surface area contributed by atoms with Gasteiger partial charge in [-0.1, -0.05) is 172 Å². The Morgan fingerprint density at radius 3 is 1.72 bits per heavy atom. The predicted octanol–water partition coefficient (Wildman–Crippen LogP) is 15.2. The molecule has 10 aromatic rings. The third kappa shape index (κ3) is 5.45. The van der Waals surface area contributed by atoms with Crippen LogP contribution in [-0.2, 0) is 11.8 Å². The number of nitrogens with zero attached hydrogens (tertiary/aromatic N) is 2. The monoisotopic (exact) mass is 760 g/mol. The van der Waals surface area contributed by atoms with E-state index >= 15 is 0 Å². The Labute approximate surface area is 343 Å². The molecule has 0 unspecified atom stereocenters. The number of rotatable bonds is 6. The van der Waals surface area contributed by atoms with Crippen LogP contribution in [0.4, 0.5) is 0 Å². The fourth-order valence-corrected chi connectivity index (χ4v) is 10.5. The highest BCUT2D eigenvalue weighted by molar-refractivity contribution is 7.26. The van der Waals surface area contributed by atoms with Crippen molar-refractivity contribution in [3.8, 4) is 67.3 Å². The summed E-state index contributed by atoms with van der Waals surface area (Å²) in [5.41, 5.74) is 16.7. The van der Waals surface area contributed by atoms with Gasteiger partial charge in [0.2, 0.25) is 0 Å². The fraction of sp³-hybridized carbons (Fsp3) is 0.0909. The molecule has 8 aromatic carbocycles. The summed E-state index contributed by atoms with van der Waals surface area (Å²) in [5, 5.41) is 4.96. The molecule has 0 aliphatic heterocycles. The highest BCUT2D eigenvalue weighted by atomic mass is 32.1. The Bertz CT molecular complexity index is 3210. The Kier molecular flexibility index (Phi) is 8.03. The minimum atomic E-state index is -0.00914. The molecule has 0 radical (unpaired) electrons. The van der Waals surface area contributed by atoms with Gasteiger partial charge < -0.3 is 0 Å². The minimum Gasteiger partial charge on any atom is -0.228 e. The van der Waals surface area contributed by atoms with Crippen molar-refractivity contribution < 1.29 is 0 Å². The van der Waals surface area contributed by atoms with Gasteiger partial charge >= 0.3 is 0 Å². The molecule has 1 aliphatic carbocycles. The van der Waals surface area contributed by atoms with Crippen LogP contribution in [0.3, 0.4) is 0 Å². The summed E-state index contributed by atoms with van der Waals surface area (Å²) >= 11 is 1.85. The smallest absolute Gasteiger partial charge is 0.161 e. The SMILES string of the molecule is CCc1c(-c2ccccc2)nc(-c2cc3sc4ccc(-c5ccc6c(c5)-c5ccccc5C6(C)C)cc4c3c3ccccc23)nc1-c1ccc(-c2ccccc2)cc1. The zero-order chi connectivity index (χ0) is 39.0. The van der Waals surface area contributed by atoms with Crippen LogP contribution in [0.2, 0.25) is 0 Å². The van der Waals surface area contributed by atoms with Crippen molar-refractivity contribution in [1.29, 1.82) is 0 Å². The lowest BCUT2D eigenvalue weighted by Crippen LogP contribution is -2.14. The van der Waals surface area contributed by atoms with Crippen molar-refractivity contribution in [2.45, 2.75) is 32.6 Å². The van der Waals surface area contributed by atoms with Gasteiger partial charge in [0.25, 0.3) is 0 Å². The van der Waals surface area contributed by atoms with Crippen LogP contribution in [0, 0.1) is 0 Å². The van der Waals surface area contributed by atoms with Gasteiger partial charge in [-0.05, 0) is 86.0 Å². The summed E-state index contributed by atoms with van der Waals surface area (Å²) in [6.45, 7) is 6.90. The Balaban J connectivity index is 1.09. The molecular formula is C55H40N2S. The average Bonchev–Trinajstić information content (AvgIpc) is 3.77. The van der Waals surface area contributed by atoms with E-state index in [1.807, 2.05) is 11.3 Å². The van der Waals surface area contributed by atoms with Gasteiger partial charge in [-0.15, -0.1) is 11.3 Å². The lowest BCUT2D eigenvalue weighted by atomic mass is 9.82. The first-order valence-electron chi connectivity index (χ1n) is 20.2. The van der Waals surface area contributed by atoms with E-state index < -0.39 is 0 Å². The maximum atomic E-state index is 5.49. The third-order valence-corrected chi connectivity index (χ3v) is 13.4. The Morgan fingerprint density at radius 1 is 0.431 bits per heavy atom. The van der Waals surface area contributed by atoms with Crippen molar-refractivity contribution in [2.75, 3.05) is 0 Å². The van der Waals surface area contributed by atoms with E-state index in [1.165, 1.54) is 70.1 Å². The molecule has 0 bridgehead atoms. The summed E-state index contributed by atoms with van der Waals surface area (Å²) in [7, 11) is 0. The molecule has 2 aromatic heterocycles. The molecular weight excluding hydrogens is 721 g/mol. The van der Waals surface area contributed by atoms with E-state index in [1.54, 1.807) is 0 Å². The van der Waals surface area contributed by atoms with Crippen molar-refractivity contribution in [1.82, 2.24) is 9.97 Å². The molecule has 0 atom stereocenters. The van der Waals surface area contributed by atoms with E-state index in [9.17, 15) is 0 Å². The van der Waals surface area contributed by atoms with Crippen LogP contribution in [0.25, 0.3) is 98.2 Å². The molecule has 0 saturated heterocycles. The molecule has 0 amide bonds. The van der Waals surface area contributed by atoms with E-state index in [0.717, 1.165) is 51.3 Å². The highest BCUT2D eigenvalue weighted by Crippen LogP contribution is 2.50. The number of fused-ring (bicyclic) bond motifs is 8. The maximum Gasteiger partial charge on any atom is 0.161 e. The summed E-state index contributed by atoms with van der Waals surface area (Å²) in [6, 6.07) is 64.1. The molecule has 0 spiro atoms. The molecule has 2 heterocycles. The van der Waals surface area contributed by atoms with E-state index in [4.69, 9.17) is 9.97 Å². The lowest BCUT2D eigenvalue weighted by Gasteiger charge is -2.21. The third-order valence-electron chi connectivity index (χ3n) is 12.3. The number of hydrogen-bond donors (Lipinski definition) is 0. The van der Waals surface area contributed by atoms with Crippen molar-refractivity contribution in [3.63, 3.8) is 0 Å². The molecule has 2 nitrogen and oxygen atoms in total. The number of aromatic nitrogens is 2. The van der Waals surface area contributed by atoms with E-state index in [2.05, 4.69) is 197 Å². The van der Waals surface area contributed by atoms with Crippen LogP contribution >= 0.6 is 11.3 Å². The molecule has 11 rings (SSSR count). The fourth-order valence-electron chi connectivity index (χ4n) is 9.37. The van der Waals surface area contributed by atoms with Crippen LogP contribution in [0.15, 0.2) is 176 Å². The Morgan fingerprint density at radius 2 is 0.983 bits per heavy atom. The van der Waals surface area contributed by atoms with E-state index in [-0.39, 0.29) is 5.41 Å². The second-order valence-corrected chi connectivity index (χ2v) is 17.1. The van der Waals surface area contributed by atoms with Crippen molar-refractivity contribution >= 4 is 42.3 Å². The van der Waals surface area contributed by atoms with Crippen LogP contribution in [0.5, 0.6) is 0 Å². The predicted molar refractivity (Wildman–Crippen MR) is 247 cm³/mol. The first-order valence-corrected chi connectivity index (χ1v) is 21.0. The topological polar surface area (TPSA) is 25.8 Å². The van der Waals surface area contributed by atoms with Crippen molar-refractivity contribution in [3.05, 3.63) is 193 Å². The highest BCUT2D eigenvalue weighted by Gasteiger charge is 2.35.